The molecule has 4 aromatic carbocycles. The highest BCUT2D eigenvalue weighted by Gasteiger charge is 2.17. The van der Waals surface area contributed by atoms with Crippen LogP contribution < -0.4 is 10.6 Å². The Bertz CT molecular complexity index is 985. The van der Waals surface area contributed by atoms with Crippen LogP contribution in [0.1, 0.15) is 13.8 Å². The fourth-order valence-corrected chi connectivity index (χ4v) is 6.83. The van der Waals surface area contributed by atoms with Crippen LogP contribution in [0.2, 0.25) is 0 Å². The molecule has 0 nitrogen and oxygen atoms in total. The highest BCUT2D eigenvalue weighted by Crippen LogP contribution is 2.36. The maximum atomic E-state index is 2.42. The van der Waals surface area contributed by atoms with Gasteiger partial charge in [-0.2, -0.15) is 0 Å². The fraction of sp³-hybridized carbons (Fsp3) is 0.143. The fourth-order valence-electron chi connectivity index (χ4n) is 3.70. The van der Waals surface area contributed by atoms with E-state index in [4.69, 9.17) is 0 Å². The summed E-state index contributed by atoms with van der Waals surface area (Å²) in [6.07, 6.45) is 0. The first-order valence-corrected chi connectivity index (χ1v) is 12.7. The van der Waals surface area contributed by atoms with E-state index in [0.717, 1.165) is 17.2 Å². The molecule has 0 radical (unpaired) electrons. The number of hydrogen-bond donors (Lipinski definition) is 0. The molecule has 0 aliphatic heterocycles. The van der Waals surface area contributed by atoms with Gasteiger partial charge in [-0.3, -0.25) is 0 Å². The molecule has 4 atom stereocenters. The van der Waals surface area contributed by atoms with Crippen molar-refractivity contribution >= 4 is 27.8 Å². The van der Waals surface area contributed by atoms with E-state index in [1.54, 1.807) is 0 Å². The van der Waals surface area contributed by atoms with Gasteiger partial charge in [-0.05, 0) is 44.2 Å². The van der Waals surface area contributed by atoms with E-state index in [1.807, 2.05) is 0 Å². The Morgan fingerprint density at radius 2 is 0.767 bits per heavy atom. The third-order valence-corrected chi connectivity index (χ3v) is 9.28. The van der Waals surface area contributed by atoms with Crippen molar-refractivity contribution in [1.82, 2.24) is 0 Å². The van der Waals surface area contributed by atoms with E-state index in [1.165, 1.54) is 32.9 Å². The van der Waals surface area contributed by atoms with Crippen LogP contribution in [0, 0.1) is 0 Å². The van der Waals surface area contributed by atoms with Crippen molar-refractivity contribution in [3.05, 3.63) is 109 Å². The van der Waals surface area contributed by atoms with Crippen LogP contribution in [0.25, 0.3) is 22.3 Å². The molecule has 4 aromatic rings. The van der Waals surface area contributed by atoms with Gasteiger partial charge in [-0.15, -0.1) is 0 Å². The topological polar surface area (TPSA) is 0 Å². The van der Waals surface area contributed by atoms with Gasteiger partial charge in [0.05, 0.1) is 0 Å². The van der Waals surface area contributed by atoms with Crippen molar-refractivity contribution in [3.63, 3.8) is 0 Å². The lowest BCUT2D eigenvalue weighted by molar-refractivity contribution is 0.921. The summed E-state index contributed by atoms with van der Waals surface area (Å²) in [6, 6.07) is 39.4. The van der Waals surface area contributed by atoms with Crippen LogP contribution in [-0.2, 0) is 0 Å². The second kappa shape index (κ2) is 10.2. The smallest absolute Gasteiger partial charge is 0.0110 e. The Hall–Kier alpha value is -2.26. The highest BCUT2D eigenvalue weighted by atomic mass is 31.1. The van der Waals surface area contributed by atoms with Crippen molar-refractivity contribution in [2.24, 2.45) is 0 Å². The Morgan fingerprint density at radius 3 is 1.17 bits per heavy atom. The van der Waals surface area contributed by atoms with Gasteiger partial charge < -0.3 is 0 Å². The minimum absolute atomic E-state index is 0.636. The molecule has 150 valence electrons. The molecule has 0 aliphatic rings. The van der Waals surface area contributed by atoms with Gasteiger partial charge in [0, 0.05) is 0 Å². The number of rotatable bonds is 7. The zero-order valence-electron chi connectivity index (χ0n) is 17.5. The molecule has 0 saturated heterocycles. The van der Waals surface area contributed by atoms with Crippen LogP contribution in [-0.4, -0.2) is 11.3 Å². The molecule has 0 fully saturated rings. The summed E-state index contributed by atoms with van der Waals surface area (Å²) in [6.45, 7) is 4.84. The molecule has 30 heavy (non-hydrogen) atoms. The van der Waals surface area contributed by atoms with E-state index < -0.39 is 0 Å². The summed E-state index contributed by atoms with van der Waals surface area (Å²) < 4.78 is 0. The first-order valence-electron chi connectivity index (χ1n) is 10.5. The van der Waals surface area contributed by atoms with Gasteiger partial charge in [0.15, 0.2) is 0 Å². The molecule has 0 amide bonds. The number of hydrogen-bond acceptors (Lipinski definition) is 0. The van der Waals surface area contributed by atoms with Gasteiger partial charge >= 0.3 is 0 Å². The molecule has 4 rings (SSSR count). The minimum atomic E-state index is 0.636. The quantitative estimate of drug-likeness (QED) is 0.276. The lowest BCUT2D eigenvalue weighted by atomic mass is 10.1. The molecule has 0 heterocycles. The molecule has 2 heteroatoms. The molecule has 0 aliphatic carbocycles. The second-order valence-corrected chi connectivity index (χ2v) is 11.2. The van der Waals surface area contributed by atoms with Crippen LogP contribution in [0.15, 0.2) is 109 Å². The minimum Gasteiger partial charge on any atom is -0.0862 e. The number of benzene rings is 4. The molecular formula is C28H28P2. The zero-order chi connectivity index (χ0) is 20.8. The third kappa shape index (κ3) is 5.07. The second-order valence-electron chi connectivity index (χ2n) is 7.69. The molecular weight excluding hydrogens is 398 g/mol. The van der Waals surface area contributed by atoms with Crippen LogP contribution >= 0.6 is 17.2 Å². The molecule has 2 unspecified atom stereocenters. The molecule has 0 saturated carbocycles. The van der Waals surface area contributed by atoms with Crippen LogP contribution in [0.4, 0.5) is 0 Å². The average molecular weight is 426 g/mol. The summed E-state index contributed by atoms with van der Waals surface area (Å²) >= 11 is 0. The largest absolute Gasteiger partial charge is 0.0862 e. The van der Waals surface area contributed by atoms with Crippen LogP contribution in [0.3, 0.4) is 0 Å². The van der Waals surface area contributed by atoms with Crippen molar-refractivity contribution in [2.75, 3.05) is 0 Å². The predicted molar refractivity (Wildman–Crippen MR) is 139 cm³/mol. The van der Waals surface area contributed by atoms with Crippen molar-refractivity contribution in [3.8, 4) is 22.3 Å². The molecule has 0 bridgehead atoms. The molecule has 0 aromatic heterocycles. The van der Waals surface area contributed by atoms with Gasteiger partial charge in [0.2, 0.25) is 0 Å². The van der Waals surface area contributed by atoms with Crippen LogP contribution in [0.5, 0.6) is 0 Å². The summed E-state index contributed by atoms with van der Waals surface area (Å²) in [7, 11) is 1.61. The SMILES string of the molecule is C[C@H](Pc1ccccc1-c1ccccc1)[C@H](C)Pc1ccccc1-c1ccccc1. The normalized spacial score (nSPS) is 13.8. The standard InChI is InChI=1S/C28H28P2/c1-21(29-27-19-11-9-17-25(27)23-13-5-3-6-14-23)22(2)30-28-20-12-10-18-26(28)24-15-7-4-8-16-24/h3-22,29-30H,1-2H3/t21-,22-/m0/s1. The van der Waals surface area contributed by atoms with Crippen molar-refractivity contribution < 1.29 is 0 Å². The zero-order valence-corrected chi connectivity index (χ0v) is 19.5. The first kappa shape index (κ1) is 21.0. The van der Waals surface area contributed by atoms with Gasteiger partial charge in [0.25, 0.3) is 0 Å². The van der Waals surface area contributed by atoms with Crippen molar-refractivity contribution in [2.45, 2.75) is 25.2 Å². The first-order chi connectivity index (χ1) is 14.7. The lowest BCUT2D eigenvalue weighted by Gasteiger charge is -2.23. The van der Waals surface area contributed by atoms with E-state index in [-0.39, 0.29) is 0 Å². The molecule has 0 N–H and O–H groups in total. The van der Waals surface area contributed by atoms with E-state index >= 15 is 0 Å². The Morgan fingerprint density at radius 1 is 0.433 bits per heavy atom. The Labute approximate surface area is 184 Å². The van der Waals surface area contributed by atoms with Gasteiger partial charge in [-0.1, -0.05) is 140 Å². The van der Waals surface area contributed by atoms with E-state index in [9.17, 15) is 0 Å². The predicted octanol–water partition coefficient (Wildman–Crippen LogP) is 7.11. The highest BCUT2D eigenvalue weighted by molar-refractivity contribution is 7.52. The summed E-state index contributed by atoms with van der Waals surface area (Å²) in [5.41, 5.74) is 6.66. The average Bonchev–Trinajstić information content (AvgIpc) is 2.81. The van der Waals surface area contributed by atoms with E-state index in [0.29, 0.717) is 11.3 Å². The third-order valence-electron chi connectivity index (χ3n) is 5.54. The monoisotopic (exact) mass is 426 g/mol. The molecule has 0 spiro atoms. The van der Waals surface area contributed by atoms with Crippen molar-refractivity contribution in [1.29, 1.82) is 0 Å². The maximum absolute atomic E-state index is 2.42. The van der Waals surface area contributed by atoms with Gasteiger partial charge in [-0.25, -0.2) is 0 Å². The maximum Gasteiger partial charge on any atom is -0.0110 e. The lowest BCUT2D eigenvalue weighted by Crippen LogP contribution is -2.17. The summed E-state index contributed by atoms with van der Waals surface area (Å²) in [5.74, 6) is 0. The Balaban J connectivity index is 1.52. The summed E-state index contributed by atoms with van der Waals surface area (Å²) in [5, 5.41) is 2.95. The Kier molecular flexibility index (Phi) is 7.11. The van der Waals surface area contributed by atoms with Gasteiger partial charge in [0.1, 0.15) is 0 Å². The summed E-state index contributed by atoms with van der Waals surface area (Å²) in [4.78, 5) is 0. The van der Waals surface area contributed by atoms with E-state index in [2.05, 4.69) is 123 Å².